The molecule has 3 aromatic rings. The smallest absolute Gasteiger partial charge is 0.314 e. The molecule has 9 nitrogen and oxygen atoms in total. The minimum Gasteiger partial charge on any atom is -0.497 e. The van der Waals surface area contributed by atoms with Crippen LogP contribution >= 0.6 is 0 Å². The van der Waals surface area contributed by atoms with Gasteiger partial charge in [0.15, 0.2) is 9.84 Å². The fourth-order valence-electron chi connectivity index (χ4n) is 3.74. The van der Waals surface area contributed by atoms with E-state index in [1.165, 1.54) is 4.68 Å². The van der Waals surface area contributed by atoms with E-state index in [2.05, 4.69) is 15.7 Å². The zero-order chi connectivity index (χ0) is 23.6. The van der Waals surface area contributed by atoms with Crippen molar-refractivity contribution in [3.63, 3.8) is 0 Å². The molecular weight excluding hydrogens is 444 g/mol. The van der Waals surface area contributed by atoms with E-state index in [-0.39, 0.29) is 23.9 Å². The predicted octanol–water partition coefficient (Wildman–Crippen LogP) is 1.92. The quantitative estimate of drug-likeness (QED) is 0.534. The monoisotopic (exact) mass is 468 g/mol. The first-order valence-corrected chi connectivity index (χ1v) is 12.2. The number of carbonyl (C=O) groups is 2. The molecule has 0 spiro atoms. The van der Waals surface area contributed by atoms with Crippen molar-refractivity contribution in [1.82, 2.24) is 15.1 Å². The first kappa shape index (κ1) is 22.5. The van der Waals surface area contributed by atoms with E-state index in [0.717, 1.165) is 11.1 Å². The highest BCUT2D eigenvalue weighted by atomic mass is 32.2. The highest BCUT2D eigenvalue weighted by Gasteiger charge is 2.34. The second-order valence-electron chi connectivity index (χ2n) is 7.82. The Labute approximate surface area is 191 Å². The van der Waals surface area contributed by atoms with Gasteiger partial charge in [0.1, 0.15) is 11.6 Å². The van der Waals surface area contributed by atoms with E-state index < -0.39 is 21.7 Å². The Morgan fingerprint density at radius 1 is 1.09 bits per heavy atom. The maximum atomic E-state index is 12.6. The second kappa shape index (κ2) is 9.07. The van der Waals surface area contributed by atoms with Gasteiger partial charge in [0.2, 0.25) is 0 Å². The minimum atomic E-state index is -3.34. The third-order valence-electron chi connectivity index (χ3n) is 5.40. The Morgan fingerprint density at radius 2 is 1.88 bits per heavy atom. The summed E-state index contributed by atoms with van der Waals surface area (Å²) in [7, 11) is -1.76. The summed E-state index contributed by atoms with van der Waals surface area (Å²) in [6, 6.07) is 14.8. The van der Waals surface area contributed by atoms with Crippen molar-refractivity contribution in [3.8, 4) is 11.4 Å². The summed E-state index contributed by atoms with van der Waals surface area (Å²) < 4.78 is 30.9. The van der Waals surface area contributed by atoms with Crippen LogP contribution in [0, 0.1) is 6.92 Å². The number of hydrogen-bond donors (Lipinski definition) is 2. The summed E-state index contributed by atoms with van der Waals surface area (Å²) in [5.74, 6) is -1.22. The number of anilines is 1. The first-order chi connectivity index (χ1) is 15.8. The molecule has 1 aromatic heterocycles. The van der Waals surface area contributed by atoms with Gasteiger partial charge in [-0.15, -0.1) is 0 Å². The summed E-state index contributed by atoms with van der Waals surface area (Å²) in [4.78, 5) is 25.1. The standard InChI is InChI=1S/C23H24N4O5S/c1-15-6-3-4-9-20(15)27-21(18-13-33(30,31)14-19(18)26-27)25-23(29)22(28)24-11-10-16-7-5-8-17(12-16)32-2/h3-9,12H,10-11,13-14H2,1-2H3,(H,24,28)(H,25,29). The van der Waals surface area contributed by atoms with Crippen molar-refractivity contribution in [3.05, 3.63) is 70.9 Å². The van der Waals surface area contributed by atoms with E-state index in [1.54, 1.807) is 7.11 Å². The molecule has 0 unspecified atom stereocenters. The lowest BCUT2D eigenvalue weighted by molar-refractivity contribution is -0.136. The Balaban J connectivity index is 1.50. The van der Waals surface area contributed by atoms with Gasteiger partial charge >= 0.3 is 11.8 Å². The van der Waals surface area contributed by atoms with Gasteiger partial charge in [-0.1, -0.05) is 30.3 Å². The average molecular weight is 469 g/mol. The van der Waals surface area contributed by atoms with Gasteiger partial charge in [-0.05, 0) is 42.7 Å². The van der Waals surface area contributed by atoms with Crippen molar-refractivity contribution in [2.45, 2.75) is 24.9 Å². The Kier molecular flexibility index (Phi) is 6.19. The minimum absolute atomic E-state index is 0.198. The molecule has 2 amide bonds. The lowest BCUT2D eigenvalue weighted by Crippen LogP contribution is -2.37. The normalized spacial score (nSPS) is 13.9. The average Bonchev–Trinajstić information content (AvgIpc) is 3.26. The van der Waals surface area contributed by atoms with Crippen LogP contribution in [0.1, 0.15) is 22.4 Å². The molecule has 2 heterocycles. The second-order valence-corrected chi connectivity index (χ2v) is 9.88. The summed E-state index contributed by atoms with van der Waals surface area (Å²) in [6.45, 7) is 2.14. The third kappa shape index (κ3) is 4.90. The molecule has 0 saturated heterocycles. The molecule has 0 atom stereocenters. The topological polar surface area (TPSA) is 119 Å². The predicted molar refractivity (Wildman–Crippen MR) is 123 cm³/mol. The number of methoxy groups -OCH3 is 1. The van der Waals surface area contributed by atoms with Crippen LogP contribution in [-0.4, -0.2) is 43.7 Å². The van der Waals surface area contributed by atoms with Crippen LogP contribution in [0.15, 0.2) is 48.5 Å². The highest BCUT2D eigenvalue weighted by molar-refractivity contribution is 7.90. The van der Waals surface area contributed by atoms with Crippen molar-refractivity contribution in [1.29, 1.82) is 0 Å². The third-order valence-corrected chi connectivity index (χ3v) is 6.84. The molecule has 2 N–H and O–H groups in total. The van der Waals surface area contributed by atoms with Crippen LogP contribution in [0.4, 0.5) is 5.82 Å². The number of sulfone groups is 1. The van der Waals surface area contributed by atoms with E-state index in [0.29, 0.717) is 29.1 Å². The van der Waals surface area contributed by atoms with Crippen LogP contribution in [0.25, 0.3) is 5.69 Å². The summed E-state index contributed by atoms with van der Waals surface area (Å²) in [5.41, 5.74) is 3.33. The maximum absolute atomic E-state index is 12.6. The van der Waals surface area contributed by atoms with Gasteiger partial charge in [-0.3, -0.25) is 9.59 Å². The number of carbonyl (C=O) groups excluding carboxylic acids is 2. The lowest BCUT2D eigenvalue weighted by Gasteiger charge is -2.13. The number of nitrogens with zero attached hydrogens (tertiary/aromatic N) is 2. The molecule has 0 aliphatic carbocycles. The summed E-state index contributed by atoms with van der Waals surface area (Å²) in [5, 5.41) is 9.61. The number of hydrogen-bond acceptors (Lipinski definition) is 6. The summed E-state index contributed by atoms with van der Waals surface area (Å²) in [6.07, 6.45) is 0.519. The van der Waals surface area contributed by atoms with Gasteiger partial charge in [-0.25, -0.2) is 13.1 Å². The molecule has 172 valence electrons. The number of benzene rings is 2. The molecule has 1 aliphatic rings. The Morgan fingerprint density at radius 3 is 2.64 bits per heavy atom. The van der Waals surface area contributed by atoms with Crippen molar-refractivity contribution < 1.29 is 22.7 Å². The van der Waals surface area contributed by atoms with E-state index in [1.807, 2.05) is 55.5 Å². The van der Waals surface area contributed by atoms with Crippen LogP contribution in [0.3, 0.4) is 0 Å². The van der Waals surface area contributed by atoms with Crippen LogP contribution in [0.2, 0.25) is 0 Å². The van der Waals surface area contributed by atoms with Crippen molar-refractivity contribution in [2.75, 3.05) is 19.0 Å². The van der Waals surface area contributed by atoms with Gasteiger partial charge in [0.05, 0.1) is 30.0 Å². The zero-order valence-corrected chi connectivity index (χ0v) is 19.1. The zero-order valence-electron chi connectivity index (χ0n) is 18.3. The fourth-order valence-corrected chi connectivity index (χ4v) is 5.23. The molecule has 2 aromatic carbocycles. The molecule has 0 radical (unpaired) electrons. The Hall–Kier alpha value is -3.66. The van der Waals surface area contributed by atoms with E-state index in [9.17, 15) is 18.0 Å². The van der Waals surface area contributed by atoms with Gasteiger partial charge < -0.3 is 15.4 Å². The number of nitrogens with one attached hydrogen (secondary N) is 2. The molecule has 10 heteroatoms. The number of aromatic nitrogens is 2. The van der Waals surface area contributed by atoms with E-state index in [4.69, 9.17) is 4.74 Å². The van der Waals surface area contributed by atoms with Gasteiger partial charge in [0, 0.05) is 12.1 Å². The van der Waals surface area contributed by atoms with Crippen LogP contribution < -0.4 is 15.4 Å². The number of ether oxygens (including phenoxy) is 1. The van der Waals surface area contributed by atoms with Gasteiger partial charge in [0.25, 0.3) is 0 Å². The van der Waals surface area contributed by atoms with Crippen LogP contribution in [0.5, 0.6) is 5.75 Å². The number of amides is 2. The molecular formula is C23H24N4O5S. The number of rotatable bonds is 6. The molecule has 4 rings (SSSR count). The fraction of sp³-hybridized carbons (Fsp3) is 0.261. The molecule has 0 fully saturated rings. The van der Waals surface area contributed by atoms with Crippen molar-refractivity contribution >= 4 is 27.5 Å². The van der Waals surface area contributed by atoms with Crippen molar-refractivity contribution in [2.24, 2.45) is 0 Å². The SMILES string of the molecule is COc1cccc(CCNC(=O)C(=O)Nc2c3c(nn2-c2ccccc2C)CS(=O)(=O)C3)c1. The number of aryl methyl sites for hydroxylation is 1. The van der Waals surface area contributed by atoms with E-state index >= 15 is 0 Å². The van der Waals surface area contributed by atoms with Gasteiger partial charge in [-0.2, -0.15) is 5.10 Å². The molecule has 0 saturated carbocycles. The van der Waals surface area contributed by atoms with Crippen LogP contribution in [-0.2, 0) is 37.4 Å². The first-order valence-electron chi connectivity index (χ1n) is 10.4. The molecule has 33 heavy (non-hydrogen) atoms. The number of para-hydroxylation sites is 1. The maximum Gasteiger partial charge on any atom is 0.314 e. The highest BCUT2D eigenvalue weighted by Crippen LogP contribution is 2.33. The lowest BCUT2D eigenvalue weighted by atomic mass is 10.1. The number of fused-ring (bicyclic) bond motifs is 1. The molecule has 0 bridgehead atoms. The molecule has 1 aliphatic heterocycles. The Bertz CT molecular complexity index is 1330. The largest absolute Gasteiger partial charge is 0.497 e. The summed E-state index contributed by atoms with van der Waals surface area (Å²) >= 11 is 0.